The van der Waals surface area contributed by atoms with E-state index in [-0.39, 0.29) is 18.4 Å². The number of hydrogen-bond acceptors (Lipinski definition) is 5. The van der Waals surface area contributed by atoms with Gasteiger partial charge in [-0.15, -0.1) is 0 Å². The zero-order valence-electron chi connectivity index (χ0n) is 17.7. The molecule has 0 spiro atoms. The van der Waals surface area contributed by atoms with Gasteiger partial charge in [-0.2, -0.15) is 5.10 Å². The van der Waals surface area contributed by atoms with E-state index < -0.39 is 0 Å². The lowest BCUT2D eigenvalue weighted by Gasteiger charge is -2.09. The highest BCUT2D eigenvalue weighted by molar-refractivity contribution is 5.95. The Kier molecular flexibility index (Phi) is 6.51. The molecule has 1 heterocycles. The van der Waals surface area contributed by atoms with Crippen LogP contribution in [0.2, 0.25) is 0 Å². The third-order valence-electron chi connectivity index (χ3n) is 4.68. The second kappa shape index (κ2) is 9.26. The Balaban J connectivity index is 1.62. The summed E-state index contributed by atoms with van der Waals surface area (Å²) in [5.74, 6) is -0.544. The van der Waals surface area contributed by atoms with Gasteiger partial charge >= 0.3 is 5.97 Å². The summed E-state index contributed by atoms with van der Waals surface area (Å²) >= 11 is 0. The SMILES string of the molecule is CCOC(=O)c1ccc(NCC(=O)Nc2c(C)nn(-c3ccc(C)cc3)c2C)cc1. The lowest BCUT2D eigenvalue weighted by molar-refractivity contribution is -0.114. The van der Waals surface area contributed by atoms with Crippen molar-refractivity contribution >= 4 is 23.3 Å². The number of esters is 1. The maximum atomic E-state index is 12.5. The summed E-state index contributed by atoms with van der Waals surface area (Å²) in [6.45, 7) is 8.02. The Morgan fingerprint density at radius 2 is 1.67 bits per heavy atom. The van der Waals surface area contributed by atoms with Crippen molar-refractivity contribution in [1.82, 2.24) is 9.78 Å². The molecule has 0 aliphatic heterocycles. The van der Waals surface area contributed by atoms with E-state index in [1.165, 1.54) is 5.56 Å². The number of rotatable bonds is 7. The molecule has 7 heteroatoms. The number of ether oxygens (including phenoxy) is 1. The molecule has 3 rings (SSSR count). The summed E-state index contributed by atoms with van der Waals surface area (Å²) in [6.07, 6.45) is 0. The zero-order chi connectivity index (χ0) is 21.7. The van der Waals surface area contributed by atoms with Crippen molar-refractivity contribution in [2.24, 2.45) is 0 Å². The predicted molar refractivity (Wildman–Crippen MR) is 117 cm³/mol. The average molecular weight is 406 g/mol. The van der Waals surface area contributed by atoms with E-state index in [1.54, 1.807) is 31.2 Å². The maximum absolute atomic E-state index is 12.5. The number of hydrogen-bond donors (Lipinski definition) is 2. The third kappa shape index (κ3) is 4.86. The van der Waals surface area contributed by atoms with Gasteiger partial charge in [-0.3, -0.25) is 4.79 Å². The molecular formula is C23H26N4O3. The molecule has 0 radical (unpaired) electrons. The highest BCUT2D eigenvalue weighted by Gasteiger charge is 2.15. The molecule has 156 valence electrons. The predicted octanol–water partition coefficient (Wildman–Crippen LogP) is 4.02. The number of carbonyl (C=O) groups is 2. The van der Waals surface area contributed by atoms with Crippen molar-refractivity contribution in [3.8, 4) is 5.69 Å². The van der Waals surface area contributed by atoms with Crippen molar-refractivity contribution in [2.45, 2.75) is 27.7 Å². The van der Waals surface area contributed by atoms with Crippen LogP contribution < -0.4 is 10.6 Å². The smallest absolute Gasteiger partial charge is 0.338 e. The third-order valence-corrected chi connectivity index (χ3v) is 4.68. The topological polar surface area (TPSA) is 85.2 Å². The molecule has 1 amide bonds. The van der Waals surface area contributed by atoms with Gasteiger partial charge in [0, 0.05) is 5.69 Å². The fraction of sp³-hybridized carbons (Fsp3) is 0.261. The molecule has 2 N–H and O–H groups in total. The molecule has 0 fully saturated rings. The van der Waals surface area contributed by atoms with E-state index in [1.807, 2.05) is 49.7 Å². The molecule has 3 aromatic rings. The van der Waals surface area contributed by atoms with Crippen molar-refractivity contribution in [1.29, 1.82) is 0 Å². The highest BCUT2D eigenvalue weighted by Crippen LogP contribution is 2.23. The van der Waals surface area contributed by atoms with Gasteiger partial charge in [0.1, 0.15) is 0 Å². The minimum Gasteiger partial charge on any atom is -0.462 e. The van der Waals surface area contributed by atoms with Crippen LogP contribution in [0.3, 0.4) is 0 Å². The average Bonchev–Trinajstić information content (AvgIpc) is 3.01. The van der Waals surface area contributed by atoms with E-state index >= 15 is 0 Å². The Morgan fingerprint density at radius 1 is 1.00 bits per heavy atom. The summed E-state index contributed by atoms with van der Waals surface area (Å²) in [5.41, 5.74) is 5.66. The summed E-state index contributed by atoms with van der Waals surface area (Å²) in [4.78, 5) is 24.2. The van der Waals surface area contributed by atoms with Crippen LogP contribution in [0.15, 0.2) is 48.5 Å². The summed E-state index contributed by atoms with van der Waals surface area (Å²) in [5, 5.41) is 10.6. The van der Waals surface area contributed by atoms with Crippen molar-refractivity contribution in [2.75, 3.05) is 23.8 Å². The number of carbonyl (C=O) groups excluding carboxylic acids is 2. The first-order valence-electron chi connectivity index (χ1n) is 9.83. The zero-order valence-corrected chi connectivity index (χ0v) is 17.7. The molecule has 0 atom stereocenters. The van der Waals surface area contributed by atoms with E-state index in [0.717, 1.165) is 22.8 Å². The Hall–Kier alpha value is -3.61. The molecule has 0 aliphatic rings. The van der Waals surface area contributed by atoms with Crippen LogP contribution in [0.5, 0.6) is 0 Å². The molecule has 0 saturated carbocycles. The van der Waals surface area contributed by atoms with E-state index in [0.29, 0.717) is 17.9 Å². The number of anilines is 2. The van der Waals surface area contributed by atoms with Crippen molar-refractivity contribution in [3.63, 3.8) is 0 Å². The van der Waals surface area contributed by atoms with Crippen LogP contribution in [0.4, 0.5) is 11.4 Å². The fourth-order valence-electron chi connectivity index (χ4n) is 3.07. The van der Waals surface area contributed by atoms with Gasteiger partial charge in [-0.25, -0.2) is 9.48 Å². The van der Waals surface area contributed by atoms with Crippen LogP contribution >= 0.6 is 0 Å². The Labute approximate surface area is 176 Å². The molecule has 0 bridgehead atoms. The van der Waals surface area contributed by atoms with Gasteiger partial charge in [0.2, 0.25) is 5.91 Å². The summed E-state index contributed by atoms with van der Waals surface area (Å²) in [6, 6.07) is 14.9. The molecule has 0 unspecified atom stereocenters. The fourth-order valence-corrected chi connectivity index (χ4v) is 3.07. The van der Waals surface area contributed by atoms with Crippen LogP contribution in [-0.4, -0.2) is 34.8 Å². The molecule has 7 nitrogen and oxygen atoms in total. The molecule has 1 aromatic heterocycles. The summed E-state index contributed by atoms with van der Waals surface area (Å²) in [7, 11) is 0. The first-order chi connectivity index (χ1) is 14.4. The monoisotopic (exact) mass is 406 g/mol. The quantitative estimate of drug-likeness (QED) is 0.579. The molecule has 0 saturated heterocycles. The lowest BCUT2D eigenvalue weighted by Crippen LogP contribution is -2.22. The van der Waals surface area contributed by atoms with Gasteiger partial charge in [-0.05, 0) is 64.1 Å². The minimum atomic E-state index is -0.363. The largest absolute Gasteiger partial charge is 0.462 e. The standard InChI is InChI=1S/C23H26N4O3/c1-5-30-23(29)18-8-10-19(11-9-18)24-14-21(28)25-22-16(3)26-27(17(22)4)20-12-6-15(2)7-13-20/h6-13,24H,5,14H2,1-4H3,(H,25,28). The molecule has 0 aliphatic carbocycles. The van der Waals surface area contributed by atoms with Gasteiger partial charge < -0.3 is 15.4 Å². The summed E-state index contributed by atoms with van der Waals surface area (Å²) < 4.78 is 6.79. The number of aryl methyl sites for hydroxylation is 2. The first kappa shape index (κ1) is 21.1. The lowest BCUT2D eigenvalue weighted by atomic mass is 10.2. The van der Waals surface area contributed by atoms with Crippen LogP contribution in [-0.2, 0) is 9.53 Å². The molecular weight excluding hydrogens is 380 g/mol. The van der Waals surface area contributed by atoms with Crippen molar-refractivity contribution in [3.05, 3.63) is 71.0 Å². The number of amides is 1. The van der Waals surface area contributed by atoms with Gasteiger partial charge in [0.25, 0.3) is 0 Å². The van der Waals surface area contributed by atoms with Crippen LogP contribution in [0, 0.1) is 20.8 Å². The molecule has 2 aromatic carbocycles. The minimum absolute atomic E-state index is 0.0906. The second-order valence-corrected chi connectivity index (χ2v) is 6.99. The van der Waals surface area contributed by atoms with Crippen molar-refractivity contribution < 1.29 is 14.3 Å². The number of benzene rings is 2. The van der Waals surface area contributed by atoms with Gasteiger partial charge in [0.05, 0.1) is 41.5 Å². The van der Waals surface area contributed by atoms with E-state index in [9.17, 15) is 9.59 Å². The second-order valence-electron chi connectivity index (χ2n) is 6.99. The molecule has 30 heavy (non-hydrogen) atoms. The van der Waals surface area contributed by atoms with E-state index in [2.05, 4.69) is 15.7 Å². The normalized spacial score (nSPS) is 10.5. The maximum Gasteiger partial charge on any atom is 0.338 e. The van der Waals surface area contributed by atoms with Crippen LogP contribution in [0.1, 0.15) is 34.2 Å². The number of nitrogens with zero attached hydrogens (tertiary/aromatic N) is 2. The van der Waals surface area contributed by atoms with Gasteiger partial charge in [0.15, 0.2) is 0 Å². The highest BCUT2D eigenvalue weighted by atomic mass is 16.5. The Morgan fingerprint density at radius 3 is 2.30 bits per heavy atom. The number of nitrogens with one attached hydrogen (secondary N) is 2. The van der Waals surface area contributed by atoms with Gasteiger partial charge in [-0.1, -0.05) is 17.7 Å². The van der Waals surface area contributed by atoms with Crippen LogP contribution in [0.25, 0.3) is 5.69 Å². The first-order valence-corrected chi connectivity index (χ1v) is 9.83. The van der Waals surface area contributed by atoms with E-state index in [4.69, 9.17) is 4.74 Å². The Bertz CT molecular complexity index is 1040. The number of aromatic nitrogens is 2.